The second kappa shape index (κ2) is 12.6. The molecule has 11 aromatic rings. The van der Waals surface area contributed by atoms with Crippen LogP contribution in [0.15, 0.2) is 194 Å². The van der Waals surface area contributed by atoms with Crippen LogP contribution in [0.25, 0.3) is 82.6 Å². The molecule has 0 bridgehead atoms. The molecule has 9 aromatic carbocycles. The van der Waals surface area contributed by atoms with Crippen molar-refractivity contribution in [3.05, 3.63) is 216 Å². The Hall–Kier alpha value is -7.42. The molecule has 2 aliphatic carbocycles. The second-order valence-electron chi connectivity index (χ2n) is 18.5. The van der Waals surface area contributed by atoms with E-state index in [0.29, 0.717) is 0 Å². The third-order valence-electron chi connectivity index (χ3n) is 14.5. The second-order valence-corrected chi connectivity index (χ2v) is 18.5. The average molecular weight is 793 g/mol. The van der Waals surface area contributed by atoms with E-state index in [9.17, 15) is 0 Å². The van der Waals surface area contributed by atoms with Crippen molar-refractivity contribution in [3.63, 3.8) is 0 Å². The van der Waals surface area contributed by atoms with Gasteiger partial charge in [-0.2, -0.15) is 0 Å². The van der Waals surface area contributed by atoms with E-state index in [-0.39, 0.29) is 10.8 Å². The van der Waals surface area contributed by atoms with E-state index >= 15 is 0 Å². The van der Waals surface area contributed by atoms with Crippen molar-refractivity contribution in [1.29, 1.82) is 0 Å². The molecule has 0 fully saturated rings. The first-order valence-corrected chi connectivity index (χ1v) is 21.9. The van der Waals surface area contributed by atoms with Gasteiger partial charge in [0.15, 0.2) is 0 Å². The summed E-state index contributed by atoms with van der Waals surface area (Å²) in [4.78, 5) is 2.46. The van der Waals surface area contributed by atoms with Gasteiger partial charge in [0, 0.05) is 43.7 Å². The number of fused-ring (bicyclic) bond motifs is 12. The number of rotatable bonds is 5. The van der Waals surface area contributed by atoms with E-state index in [1.165, 1.54) is 105 Å². The van der Waals surface area contributed by atoms with Gasteiger partial charge in [-0.05, 0) is 115 Å². The Bertz CT molecular complexity index is 3620. The fourth-order valence-corrected chi connectivity index (χ4v) is 11.4. The Kier molecular flexibility index (Phi) is 7.16. The van der Waals surface area contributed by atoms with Crippen molar-refractivity contribution in [2.75, 3.05) is 4.90 Å². The van der Waals surface area contributed by atoms with Gasteiger partial charge in [0.2, 0.25) is 0 Å². The topological polar surface area (TPSA) is 7.65 Å². The standard InChI is InChI=1S/C60H44N2/c1-59(2)52-20-9-6-14-44(52)50-35-39(28-34-53(50)59)37-23-29-41(30-24-37)61(56-22-12-18-49-48-17-11-16-47-46-15-7-10-21-55(46)62(57(47)48)58(49)56)42-31-25-38(26-32-42)40-27-33-45-43-13-5-8-19-51(43)60(3,4)54(45)36-40/h5-36H,1-4H3. The minimum atomic E-state index is -0.0506. The molecule has 0 aliphatic heterocycles. The lowest BCUT2D eigenvalue weighted by atomic mass is 9.81. The molecule has 0 N–H and O–H groups in total. The largest absolute Gasteiger partial charge is 0.308 e. The molecular formula is C60H44N2. The smallest absolute Gasteiger partial charge is 0.0782 e. The normalized spacial score (nSPS) is 14.4. The molecule has 2 heteroatoms. The molecule has 0 atom stereocenters. The Labute approximate surface area is 362 Å². The zero-order chi connectivity index (χ0) is 41.5. The minimum absolute atomic E-state index is 0.0143. The summed E-state index contributed by atoms with van der Waals surface area (Å²) in [5, 5.41) is 5.12. The lowest BCUT2D eigenvalue weighted by molar-refractivity contribution is 0.660. The summed E-state index contributed by atoms with van der Waals surface area (Å²) in [6, 6.07) is 72.8. The van der Waals surface area contributed by atoms with Crippen LogP contribution in [0.4, 0.5) is 17.1 Å². The third kappa shape index (κ3) is 4.75. The first kappa shape index (κ1) is 35.3. The predicted molar refractivity (Wildman–Crippen MR) is 262 cm³/mol. The lowest BCUT2D eigenvalue weighted by Crippen LogP contribution is -2.14. The maximum Gasteiger partial charge on any atom is 0.0782 e. The van der Waals surface area contributed by atoms with Crippen molar-refractivity contribution in [3.8, 4) is 44.5 Å². The van der Waals surface area contributed by atoms with E-state index in [1.807, 2.05) is 0 Å². The number of benzene rings is 9. The van der Waals surface area contributed by atoms with Crippen LogP contribution >= 0.6 is 0 Å². The molecule has 2 aromatic heterocycles. The molecule has 0 saturated heterocycles. The van der Waals surface area contributed by atoms with Gasteiger partial charge >= 0.3 is 0 Å². The molecule has 294 valence electrons. The lowest BCUT2D eigenvalue weighted by Gasteiger charge is -2.27. The molecule has 62 heavy (non-hydrogen) atoms. The molecule has 0 spiro atoms. The average Bonchev–Trinajstić information content (AvgIpc) is 3.98. The van der Waals surface area contributed by atoms with Crippen molar-refractivity contribution in [2.24, 2.45) is 0 Å². The van der Waals surface area contributed by atoms with Crippen molar-refractivity contribution < 1.29 is 0 Å². The van der Waals surface area contributed by atoms with Gasteiger partial charge < -0.3 is 9.30 Å². The summed E-state index contributed by atoms with van der Waals surface area (Å²) in [6.45, 7) is 9.41. The molecular weight excluding hydrogens is 749 g/mol. The Morgan fingerprint density at radius 1 is 0.339 bits per heavy atom. The van der Waals surface area contributed by atoms with Gasteiger partial charge in [-0.15, -0.1) is 0 Å². The summed E-state index contributed by atoms with van der Waals surface area (Å²) in [7, 11) is 0. The number of aromatic nitrogens is 1. The summed E-state index contributed by atoms with van der Waals surface area (Å²) in [5.74, 6) is 0. The maximum atomic E-state index is 2.51. The summed E-state index contributed by atoms with van der Waals surface area (Å²) < 4.78 is 2.51. The van der Waals surface area contributed by atoms with Crippen molar-refractivity contribution >= 4 is 55.2 Å². The molecule has 0 saturated carbocycles. The van der Waals surface area contributed by atoms with Crippen LogP contribution in [0.5, 0.6) is 0 Å². The van der Waals surface area contributed by atoms with Gasteiger partial charge in [-0.3, -0.25) is 0 Å². The Morgan fingerprint density at radius 2 is 0.806 bits per heavy atom. The highest BCUT2D eigenvalue weighted by Gasteiger charge is 2.36. The summed E-state index contributed by atoms with van der Waals surface area (Å²) in [6.07, 6.45) is 0. The predicted octanol–water partition coefficient (Wildman–Crippen LogP) is 16.3. The van der Waals surface area contributed by atoms with Crippen molar-refractivity contribution in [1.82, 2.24) is 4.40 Å². The Balaban J connectivity index is 0.965. The van der Waals surface area contributed by atoms with Gasteiger partial charge in [0.1, 0.15) is 0 Å². The Morgan fingerprint density at radius 3 is 1.50 bits per heavy atom. The van der Waals surface area contributed by atoms with E-state index < -0.39 is 0 Å². The molecule has 0 amide bonds. The quantitative estimate of drug-likeness (QED) is 0.168. The van der Waals surface area contributed by atoms with Crippen LogP contribution in [0.1, 0.15) is 49.9 Å². The highest BCUT2D eigenvalue weighted by atomic mass is 15.2. The fourth-order valence-electron chi connectivity index (χ4n) is 11.4. The number of nitrogens with zero attached hydrogens (tertiary/aromatic N) is 2. The minimum Gasteiger partial charge on any atom is -0.308 e. The van der Waals surface area contributed by atoms with Crippen LogP contribution < -0.4 is 4.90 Å². The van der Waals surface area contributed by atoms with Gasteiger partial charge in [-0.1, -0.05) is 173 Å². The van der Waals surface area contributed by atoms with Crippen LogP contribution in [-0.4, -0.2) is 4.40 Å². The maximum absolute atomic E-state index is 2.51. The summed E-state index contributed by atoms with van der Waals surface area (Å²) >= 11 is 0. The van der Waals surface area contributed by atoms with Crippen LogP contribution in [-0.2, 0) is 10.8 Å². The molecule has 2 heterocycles. The van der Waals surface area contributed by atoms with Crippen molar-refractivity contribution in [2.45, 2.75) is 38.5 Å². The molecule has 2 aliphatic rings. The van der Waals surface area contributed by atoms with Crippen LogP contribution in [0.2, 0.25) is 0 Å². The molecule has 0 unspecified atom stereocenters. The first-order chi connectivity index (χ1) is 30.3. The van der Waals surface area contributed by atoms with Gasteiger partial charge in [-0.25, -0.2) is 0 Å². The van der Waals surface area contributed by atoms with Gasteiger partial charge in [0.05, 0.1) is 22.2 Å². The number of anilines is 3. The highest BCUT2D eigenvalue weighted by Crippen LogP contribution is 2.52. The molecule has 2 nitrogen and oxygen atoms in total. The zero-order valence-electron chi connectivity index (χ0n) is 35.4. The molecule has 0 radical (unpaired) electrons. The van der Waals surface area contributed by atoms with E-state index in [4.69, 9.17) is 0 Å². The summed E-state index contributed by atoms with van der Waals surface area (Å²) in [5.41, 5.74) is 22.9. The van der Waals surface area contributed by atoms with E-state index in [2.05, 4.69) is 231 Å². The monoisotopic (exact) mass is 792 g/mol. The van der Waals surface area contributed by atoms with E-state index in [1.54, 1.807) is 0 Å². The number of hydrogen-bond donors (Lipinski definition) is 0. The zero-order valence-corrected chi connectivity index (χ0v) is 35.4. The van der Waals surface area contributed by atoms with E-state index in [0.717, 1.165) is 17.1 Å². The SMILES string of the molecule is CC1(C)c2ccccc2-c2cc(-c3ccc(N(c4ccc(-c5ccc6c(c5)C(C)(C)c5ccccc5-6)cc4)c4cccc5c6cccc7c8ccccc8n(c45)c76)cc3)ccc21. The van der Waals surface area contributed by atoms with Crippen LogP contribution in [0, 0.1) is 0 Å². The number of para-hydroxylation sites is 3. The fraction of sp³-hybridized carbons (Fsp3) is 0.100. The van der Waals surface area contributed by atoms with Gasteiger partial charge in [0.25, 0.3) is 0 Å². The van der Waals surface area contributed by atoms with Crippen LogP contribution in [0.3, 0.4) is 0 Å². The molecule has 13 rings (SSSR count). The first-order valence-electron chi connectivity index (χ1n) is 21.9. The third-order valence-corrected chi connectivity index (χ3v) is 14.5. The number of hydrogen-bond acceptors (Lipinski definition) is 1. The highest BCUT2D eigenvalue weighted by molar-refractivity contribution is 6.25.